The first-order valence-corrected chi connectivity index (χ1v) is 7.81. The van der Waals surface area contributed by atoms with Crippen LogP contribution in [0.3, 0.4) is 0 Å². The second kappa shape index (κ2) is 5.68. The number of β-amino-alcohol motifs (C(OH)–C–C–N with tert-alkyl or cyclic N) is 1. The molecule has 4 nitrogen and oxygen atoms in total. The fourth-order valence-electron chi connectivity index (χ4n) is 4.20. The highest BCUT2D eigenvalue weighted by molar-refractivity contribution is 5.12. The Labute approximate surface area is 118 Å². The van der Waals surface area contributed by atoms with Crippen molar-refractivity contribution in [3.8, 4) is 0 Å². The smallest absolute Gasteiger partial charge is 0.0786 e. The van der Waals surface area contributed by atoms with Crippen LogP contribution in [0.4, 0.5) is 0 Å². The van der Waals surface area contributed by atoms with Gasteiger partial charge in [-0.1, -0.05) is 13.8 Å². The quantitative estimate of drug-likeness (QED) is 0.800. The fourth-order valence-corrected chi connectivity index (χ4v) is 4.20. The SMILES string of the molecule is CC.CN1CCN(CC2(O)CC3(CN(C)C3)C2)CC1. The van der Waals surface area contributed by atoms with E-state index < -0.39 is 0 Å². The van der Waals surface area contributed by atoms with Crippen molar-refractivity contribution >= 4 is 0 Å². The molecule has 4 heteroatoms. The third kappa shape index (κ3) is 3.30. The maximum atomic E-state index is 10.5. The zero-order valence-corrected chi connectivity index (χ0v) is 13.2. The summed E-state index contributed by atoms with van der Waals surface area (Å²) in [5.74, 6) is 0. The number of likely N-dealkylation sites (tertiary alicyclic amines) is 1. The third-order valence-corrected chi connectivity index (χ3v) is 4.73. The topological polar surface area (TPSA) is 30.0 Å². The van der Waals surface area contributed by atoms with Crippen LogP contribution in [0.15, 0.2) is 0 Å². The molecule has 2 heterocycles. The van der Waals surface area contributed by atoms with Gasteiger partial charge >= 0.3 is 0 Å². The summed E-state index contributed by atoms with van der Waals surface area (Å²) < 4.78 is 0. The van der Waals surface area contributed by atoms with Crippen molar-refractivity contribution in [1.82, 2.24) is 14.7 Å². The average molecular weight is 269 g/mol. The Hall–Kier alpha value is -0.160. The van der Waals surface area contributed by atoms with Gasteiger partial charge in [0.05, 0.1) is 5.60 Å². The molecule has 0 radical (unpaired) electrons. The highest BCUT2D eigenvalue weighted by atomic mass is 16.3. The molecule has 1 aliphatic carbocycles. The molecule has 0 amide bonds. The standard InChI is InChI=1S/C13H25N3O.C2H6/c1-14-3-5-16(6-4-14)11-13(17)7-12(8-13)9-15(2)10-12;1-2/h17H,3-11H2,1-2H3;1-2H3. The Bertz CT molecular complexity index is 286. The van der Waals surface area contributed by atoms with E-state index in [9.17, 15) is 5.11 Å². The molecule has 3 aliphatic rings. The summed E-state index contributed by atoms with van der Waals surface area (Å²) >= 11 is 0. The molecular formula is C15H31N3O. The predicted octanol–water partition coefficient (Wildman–Crippen LogP) is 0.717. The lowest BCUT2D eigenvalue weighted by molar-refractivity contribution is -0.193. The molecule has 112 valence electrons. The Morgan fingerprint density at radius 3 is 1.89 bits per heavy atom. The van der Waals surface area contributed by atoms with Crippen LogP contribution in [-0.2, 0) is 0 Å². The second-order valence-corrected chi connectivity index (χ2v) is 6.83. The number of hydrogen-bond acceptors (Lipinski definition) is 4. The van der Waals surface area contributed by atoms with Crippen molar-refractivity contribution in [2.24, 2.45) is 5.41 Å². The van der Waals surface area contributed by atoms with Gasteiger partial charge in [-0.3, -0.25) is 4.90 Å². The van der Waals surface area contributed by atoms with E-state index in [2.05, 4.69) is 28.8 Å². The summed E-state index contributed by atoms with van der Waals surface area (Å²) in [6.45, 7) is 11.8. The molecule has 0 atom stereocenters. The van der Waals surface area contributed by atoms with Gasteiger partial charge in [-0.05, 0) is 26.9 Å². The largest absolute Gasteiger partial charge is 0.389 e. The molecule has 3 rings (SSSR count). The molecule has 2 saturated heterocycles. The van der Waals surface area contributed by atoms with Gasteiger partial charge in [0.25, 0.3) is 0 Å². The maximum absolute atomic E-state index is 10.5. The Balaban J connectivity index is 0.000000637. The fraction of sp³-hybridized carbons (Fsp3) is 1.00. The summed E-state index contributed by atoms with van der Waals surface area (Å²) in [6.07, 6.45) is 2.05. The number of aliphatic hydroxyl groups is 1. The molecule has 0 aromatic carbocycles. The molecule has 0 aromatic rings. The van der Waals surface area contributed by atoms with Gasteiger partial charge in [-0.25, -0.2) is 0 Å². The van der Waals surface area contributed by atoms with Crippen molar-refractivity contribution in [1.29, 1.82) is 0 Å². The molecule has 1 spiro atoms. The monoisotopic (exact) mass is 269 g/mol. The molecule has 1 saturated carbocycles. The zero-order chi connectivity index (χ0) is 14.1. The van der Waals surface area contributed by atoms with Gasteiger partial charge in [0.1, 0.15) is 0 Å². The highest BCUT2D eigenvalue weighted by Crippen LogP contribution is 2.53. The van der Waals surface area contributed by atoms with Gasteiger partial charge in [0, 0.05) is 51.2 Å². The molecule has 1 N–H and O–H groups in total. The lowest BCUT2D eigenvalue weighted by Crippen LogP contribution is -2.69. The minimum Gasteiger partial charge on any atom is -0.389 e. The molecule has 19 heavy (non-hydrogen) atoms. The summed E-state index contributed by atoms with van der Waals surface area (Å²) in [5, 5.41) is 10.5. The van der Waals surface area contributed by atoms with Crippen molar-refractivity contribution in [3.05, 3.63) is 0 Å². The maximum Gasteiger partial charge on any atom is 0.0786 e. The Kier molecular flexibility index (Phi) is 4.56. The van der Waals surface area contributed by atoms with Crippen molar-refractivity contribution in [3.63, 3.8) is 0 Å². The number of hydrogen-bond donors (Lipinski definition) is 1. The second-order valence-electron chi connectivity index (χ2n) is 6.83. The van der Waals surface area contributed by atoms with Crippen LogP contribution in [0.2, 0.25) is 0 Å². The zero-order valence-electron chi connectivity index (χ0n) is 13.2. The minimum absolute atomic E-state index is 0.378. The predicted molar refractivity (Wildman–Crippen MR) is 79.4 cm³/mol. The van der Waals surface area contributed by atoms with E-state index in [4.69, 9.17) is 0 Å². The minimum atomic E-state index is -0.378. The van der Waals surface area contributed by atoms with Crippen LogP contribution in [0.5, 0.6) is 0 Å². The Morgan fingerprint density at radius 2 is 1.42 bits per heavy atom. The summed E-state index contributed by atoms with van der Waals surface area (Å²) in [7, 11) is 4.34. The number of rotatable bonds is 2. The molecule has 3 fully saturated rings. The highest BCUT2D eigenvalue weighted by Gasteiger charge is 2.58. The summed E-state index contributed by atoms with van der Waals surface area (Å²) in [6, 6.07) is 0. The normalized spacial score (nSPS) is 30.2. The molecule has 0 bridgehead atoms. The van der Waals surface area contributed by atoms with Gasteiger partial charge in [-0.2, -0.15) is 0 Å². The first-order valence-electron chi connectivity index (χ1n) is 7.81. The van der Waals surface area contributed by atoms with E-state index in [1.54, 1.807) is 0 Å². The molecule has 2 aliphatic heterocycles. The van der Waals surface area contributed by atoms with Crippen LogP contribution < -0.4 is 0 Å². The number of piperazine rings is 1. The molecule has 0 aromatic heterocycles. The lowest BCUT2D eigenvalue weighted by Gasteiger charge is -2.62. The lowest BCUT2D eigenvalue weighted by atomic mass is 9.55. The van der Waals surface area contributed by atoms with E-state index in [1.165, 1.54) is 13.1 Å². The van der Waals surface area contributed by atoms with E-state index in [0.29, 0.717) is 5.41 Å². The third-order valence-electron chi connectivity index (χ3n) is 4.73. The first kappa shape index (κ1) is 15.2. The van der Waals surface area contributed by atoms with Crippen LogP contribution in [0.1, 0.15) is 26.7 Å². The van der Waals surface area contributed by atoms with Crippen LogP contribution >= 0.6 is 0 Å². The van der Waals surface area contributed by atoms with Crippen LogP contribution in [0, 0.1) is 5.41 Å². The van der Waals surface area contributed by atoms with Crippen LogP contribution in [-0.4, -0.2) is 85.3 Å². The van der Waals surface area contributed by atoms with E-state index >= 15 is 0 Å². The average Bonchev–Trinajstić information content (AvgIpc) is 2.31. The number of nitrogens with zero attached hydrogens (tertiary/aromatic N) is 3. The van der Waals surface area contributed by atoms with E-state index in [1.807, 2.05) is 13.8 Å². The summed E-state index contributed by atoms with van der Waals surface area (Å²) in [5.41, 5.74) is 0.104. The first-order chi connectivity index (χ1) is 8.99. The van der Waals surface area contributed by atoms with Crippen molar-refractivity contribution < 1.29 is 5.11 Å². The molecular weight excluding hydrogens is 238 g/mol. The summed E-state index contributed by atoms with van der Waals surface area (Å²) in [4.78, 5) is 7.16. The van der Waals surface area contributed by atoms with E-state index in [-0.39, 0.29) is 5.60 Å². The molecule has 0 unspecified atom stereocenters. The number of likely N-dealkylation sites (N-methyl/N-ethyl adjacent to an activating group) is 1. The van der Waals surface area contributed by atoms with Gasteiger partial charge in [-0.15, -0.1) is 0 Å². The van der Waals surface area contributed by atoms with Crippen molar-refractivity contribution in [2.75, 3.05) is 59.9 Å². The van der Waals surface area contributed by atoms with Gasteiger partial charge < -0.3 is 14.9 Å². The van der Waals surface area contributed by atoms with Gasteiger partial charge in [0.2, 0.25) is 0 Å². The van der Waals surface area contributed by atoms with Gasteiger partial charge in [0.15, 0.2) is 0 Å². The van der Waals surface area contributed by atoms with Crippen LogP contribution in [0.25, 0.3) is 0 Å². The van der Waals surface area contributed by atoms with E-state index in [0.717, 1.165) is 45.6 Å². The van der Waals surface area contributed by atoms with Crippen molar-refractivity contribution in [2.45, 2.75) is 32.3 Å². The Morgan fingerprint density at radius 1 is 0.895 bits per heavy atom.